The minimum atomic E-state index is -3.85. The van der Waals surface area contributed by atoms with Gasteiger partial charge in [0.2, 0.25) is 0 Å². The largest absolute Gasteiger partial charge is 0.480 e. The molecule has 1 aromatic heterocycles. The van der Waals surface area contributed by atoms with Gasteiger partial charge in [0.15, 0.2) is 0 Å². The van der Waals surface area contributed by atoms with E-state index in [-0.39, 0.29) is 4.21 Å². The van der Waals surface area contributed by atoms with E-state index in [0.717, 1.165) is 11.3 Å². The second kappa shape index (κ2) is 4.71. The summed E-state index contributed by atoms with van der Waals surface area (Å²) in [5.41, 5.74) is 0. The Morgan fingerprint density at radius 2 is 2.27 bits per heavy atom. The highest BCUT2D eigenvalue weighted by molar-refractivity contribution is 7.91. The van der Waals surface area contributed by atoms with E-state index in [1.165, 1.54) is 12.1 Å². The number of hydrogen-bond acceptors (Lipinski definition) is 5. The number of aliphatic carboxylic acids is 1. The van der Waals surface area contributed by atoms with E-state index < -0.39 is 28.6 Å². The molecule has 8 heteroatoms. The smallest absolute Gasteiger partial charge is 0.324 e. The Labute approximate surface area is 90.2 Å². The molecule has 0 aromatic carbocycles. The third-order valence-electron chi connectivity index (χ3n) is 1.54. The molecular weight excluding hydrogens is 242 g/mol. The zero-order chi connectivity index (χ0) is 11.5. The second-order valence-corrected chi connectivity index (χ2v) is 5.52. The Hall–Kier alpha value is -0.960. The zero-order valence-electron chi connectivity index (χ0n) is 7.45. The monoisotopic (exact) mass is 251 g/mol. The molecule has 15 heavy (non-hydrogen) atoms. The van der Waals surface area contributed by atoms with Crippen molar-refractivity contribution in [2.75, 3.05) is 6.61 Å². The molecule has 0 bridgehead atoms. The Morgan fingerprint density at radius 3 is 2.67 bits per heavy atom. The molecule has 84 valence electrons. The first kappa shape index (κ1) is 12.1. The predicted molar refractivity (Wildman–Crippen MR) is 53.2 cm³/mol. The van der Waals surface area contributed by atoms with E-state index >= 15 is 0 Å². The maximum absolute atomic E-state index is 11.5. The Kier molecular flexibility index (Phi) is 3.80. The van der Waals surface area contributed by atoms with Crippen LogP contribution < -0.4 is 4.72 Å². The van der Waals surface area contributed by atoms with Gasteiger partial charge in [-0.05, 0) is 11.4 Å². The van der Waals surface area contributed by atoms with Crippen molar-refractivity contribution in [1.82, 2.24) is 4.72 Å². The molecule has 0 amide bonds. The first-order valence-electron chi connectivity index (χ1n) is 3.87. The van der Waals surface area contributed by atoms with Gasteiger partial charge in [-0.15, -0.1) is 11.3 Å². The molecule has 0 spiro atoms. The SMILES string of the molecule is O=C(O)C(CO)NS(=O)(=O)c1cccs1. The maximum atomic E-state index is 11.5. The number of sulfonamides is 1. The molecule has 3 N–H and O–H groups in total. The fourth-order valence-corrected chi connectivity index (χ4v) is 3.02. The van der Waals surface area contributed by atoms with E-state index in [1.54, 1.807) is 5.38 Å². The number of thiophene rings is 1. The Bertz CT molecular complexity index is 424. The number of carbonyl (C=O) groups is 1. The summed E-state index contributed by atoms with van der Waals surface area (Å²) >= 11 is 0.969. The van der Waals surface area contributed by atoms with Gasteiger partial charge in [-0.3, -0.25) is 4.79 Å². The minimum absolute atomic E-state index is 0.0159. The fourth-order valence-electron chi connectivity index (χ4n) is 0.828. The standard InChI is InChI=1S/C7H9NO5S2/c9-4-5(7(10)11)8-15(12,13)6-2-1-3-14-6/h1-3,5,8-9H,4H2,(H,10,11). The summed E-state index contributed by atoms with van der Waals surface area (Å²) in [6, 6.07) is 1.37. The molecule has 6 nitrogen and oxygen atoms in total. The number of aliphatic hydroxyl groups excluding tert-OH is 1. The van der Waals surface area contributed by atoms with Gasteiger partial charge in [0.05, 0.1) is 6.61 Å². The van der Waals surface area contributed by atoms with Crippen LogP contribution in [0.3, 0.4) is 0 Å². The van der Waals surface area contributed by atoms with Crippen molar-refractivity contribution >= 4 is 27.3 Å². The third kappa shape index (κ3) is 2.99. The van der Waals surface area contributed by atoms with Crippen molar-refractivity contribution in [1.29, 1.82) is 0 Å². The first-order valence-corrected chi connectivity index (χ1v) is 6.23. The van der Waals surface area contributed by atoms with Gasteiger partial charge < -0.3 is 10.2 Å². The van der Waals surface area contributed by atoms with Crippen molar-refractivity contribution in [3.05, 3.63) is 17.5 Å². The minimum Gasteiger partial charge on any atom is -0.480 e. The summed E-state index contributed by atoms with van der Waals surface area (Å²) in [4.78, 5) is 10.5. The van der Waals surface area contributed by atoms with Crippen LogP contribution in [0.25, 0.3) is 0 Å². The lowest BCUT2D eigenvalue weighted by Gasteiger charge is -2.10. The number of nitrogens with one attached hydrogen (secondary N) is 1. The van der Waals surface area contributed by atoms with Crippen LogP contribution in [0.15, 0.2) is 21.7 Å². The molecule has 1 rings (SSSR count). The van der Waals surface area contributed by atoms with Gasteiger partial charge in [0, 0.05) is 0 Å². The van der Waals surface area contributed by atoms with Gasteiger partial charge in [-0.1, -0.05) is 6.07 Å². The van der Waals surface area contributed by atoms with Crippen LogP contribution in [0.4, 0.5) is 0 Å². The molecule has 0 aliphatic rings. The van der Waals surface area contributed by atoms with Crippen LogP contribution >= 0.6 is 11.3 Å². The highest BCUT2D eigenvalue weighted by Crippen LogP contribution is 2.15. The van der Waals surface area contributed by atoms with Gasteiger partial charge in [0.1, 0.15) is 10.3 Å². The lowest BCUT2D eigenvalue weighted by atomic mass is 10.3. The van der Waals surface area contributed by atoms with Crippen LogP contribution in [-0.4, -0.2) is 37.2 Å². The number of carboxylic acids is 1. The van der Waals surface area contributed by atoms with E-state index in [9.17, 15) is 13.2 Å². The van der Waals surface area contributed by atoms with Gasteiger partial charge >= 0.3 is 5.97 Å². The number of hydrogen-bond donors (Lipinski definition) is 3. The lowest BCUT2D eigenvalue weighted by molar-refractivity contribution is -0.139. The zero-order valence-corrected chi connectivity index (χ0v) is 9.09. The van der Waals surface area contributed by atoms with Crippen molar-refractivity contribution in [2.24, 2.45) is 0 Å². The van der Waals surface area contributed by atoms with Crippen molar-refractivity contribution < 1.29 is 23.4 Å². The van der Waals surface area contributed by atoms with Gasteiger partial charge in [-0.2, -0.15) is 4.72 Å². The predicted octanol–water partition coefficient (Wildman–Crippen LogP) is -0.528. The van der Waals surface area contributed by atoms with E-state index in [0.29, 0.717) is 0 Å². The second-order valence-electron chi connectivity index (χ2n) is 2.63. The number of rotatable bonds is 5. The van der Waals surface area contributed by atoms with Crippen LogP contribution in [0.1, 0.15) is 0 Å². The van der Waals surface area contributed by atoms with Gasteiger partial charge in [-0.25, -0.2) is 8.42 Å². The molecule has 0 radical (unpaired) electrons. The summed E-state index contributed by atoms with van der Waals surface area (Å²) in [6.45, 7) is -0.792. The van der Waals surface area contributed by atoms with Crippen molar-refractivity contribution in [2.45, 2.75) is 10.3 Å². The molecule has 0 aliphatic heterocycles. The molecule has 1 atom stereocenters. The topological polar surface area (TPSA) is 104 Å². The molecule has 0 saturated heterocycles. The van der Waals surface area contributed by atoms with Gasteiger partial charge in [0.25, 0.3) is 10.0 Å². The normalized spacial score (nSPS) is 13.7. The Morgan fingerprint density at radius 1 is 1.60 bits per heavy atom. The highest BCUT2D eigenvalue weighted by Gasteiger charge is 2.24. The molecule has 0 aliphatic carbocycles. The maximum Gasteiger partial charge on any atom is 0.324 e. The van der Waals surface area contributed by atoms with Crippen LogP contribution in [-0.2, 0) is 14.8 Å². The van der Waals surface area contributed by atoms with Crippen LogP contribution in [0.5, 0.6) is 0 Å². The van der Waals surface area contributed by atoms with Crippen molar-refractivity contribution in [3.8, 4) is 0 Å². The molecule has 1 heterocycles. The summed E-state index contributed by atoms with van der Waals surface area (Å²) in [5.74, 6) is -1.42. The Balaban J connectivity index is 2.86. The van der Waals surface area contributed by atoms with E-state index in [4.69, 9.17) is 10.2 Å². The summed E-state index contributed by atoms with van der Waals surface area (Å²) in [6.07, 6.45) is 0. The van der Waals surface area contributed by atoms with Crippen LogP contribution in [0, 0.1) is 0 Å². The van der Waals surface area contributed by atoms with E-state index in [1.807, 2.05) is 4.72 Å². The average Bonchev–Trinajstić information content (AvgIpc) is 2.67. The highest BCUT2D eigenvalue weighted by atomic mass is 32.2. The molecule has 0 saturated carbocycles. The summed E-state index contributed by atoms with van der Waals surface area (Å²) in [7, 11) is -3.85. The van der Waals surface area contributed by atoms with E-state index in [2.05, 4.69) is 0 Å². The quantitative estimate of drug-likeness (QED) is 0.652. The molecule has 1 unspecified atom stereocenters. The summed E-state index contributed by atoms with van der Waals surface area (Å²) in [5, 5.41) is 18.8. The number of aliphatic hydroxyl groups is 1. The number of carboxylic acid groups (broad SMARTS) is 1. The molecule has 0 fully saturated rings. The summed E-state index contributed by atoms with van der Waals surface area (Å²) < 4.78 is 24.9. The lowest BCUT2D eigenvalue weighted by Crippen LogP contribution is -2.42. The molecule has 1 aromatic rings. The first-order chi connectivity index (χ1) is 6.97. The fraction of sp³-hybridized carbons (Fsp3) is 0.286. The third-order valence-corrected chi connectivity index (χ3v) is 4.41. The molecular formula is C7H9NO5S2. The van der Waals surface area contributed by atoms with Crippen LogP contribution in [0.2, 0.25) is 0 Å². The average molecular weight is 251 g/mol. The van der Waals surface area contributed by atoms with Crippen molar-refractivity contribution in [3.63, 3.8) is 0 Å².